The predicted octanol–water partition coefficient (Wildman–Crippen LogP) is 2.14. The van der Waals surface area contributed by atoms with Crippen molar-refractivity contribution in [3.8, 4) is 0 Å². The molecule has 102 valence electrons. The Kier molecular flexibility index (Phi) is 3.20. The molecule has 0 saturated heterocycles. The van der Waals surface area contributed by atoms with Crippen LogP contribution in [0.1, 0.15) is 35.0 Å². The average molecular weight is 297 g/mol. The van der Waals surface area contributed by atoms with Gasteiger partial charge in [0.15, 0.2) is 0 Å². The van der Waals surface area contributed by atoms with Gasteiger partial charge >= 0.3 is 0 Å². The molecule has 1 aliphatic rings. The summed E-state index contributed by atoms with van der Waals surface area (Å²) in [5.41, 5.74) is 1.69. The van der Waals surface area contributed by atoms with E-state index in [1.54, 1.807) is 18.3 Å². The summed E-state index contributed by atoms with van der Waals surface area (Å²) in [5.74, 6) is 0. The number of H-pyrrole nitrogens is 1. The van der Waals surface area contributed by atoms with E-state index < -0.39 is 10.0 Å². The van der Waals surface area contributed by atoms with E-state index in [0.717, 1.165) is 24.8 Å². The zero-order valence-corrected chi connectivity index (χ0v) is 12.1. The monoisotopic (exact) mass is 297 g/mol. The largest absolute Gasteiger partial charge is 0.281 e. The van der Waals surface area contributed by atoms with Crippen LogP contribution in [0.25, 0.3) is 0 Å². The van der Waals surface area contributed by atoms with Crippen molar-refractivity contribution >= 4 is 21.4 Å². The first-order valence-electron chi connectivity index (χ1n) is 6.16. The number of aromatic amines is 1. The maximum Gasteiger partial charge on any atom is 0.244 e. The third kappa shape index (κ3) is 2.33. The van der Waals surface area contributed by atoms with Crippen LogP contribution in [0.3, 0.4) is 0 Å². The number of fused-ring (bicyclic) bond motifs is 1. The van der Waals surface area contributed by atoms with Gasteiger partial charge in [-0.25, -0.2) is 13.1 Å². The Hall–Kier alpha value is -1.18. The highest BCUT2D eigenvalue weighted by Crippen LogP contribution is 2.34. The fourth-order valence-electron chi connectivity index (χ4n) is 2.47. The predicted molar refractivity (Wildman–Crippen MR) is 73.6 cm³/mol. The third-order valence-electron chi connectivity index (χ3n) is 3.42. The molecule has 0 radical (unpaired) electrons. The molecule has 19 heavy (non-hydrogen) atoms. The standard InChI is InChI=1S/C12H15N3O2S2/c1-8-12(7-13-14-8)19(16,17)15-10-3-2-4-11-9(10)5-6-18-11/h5-7,10,15H,2-4H2,1H3,(H,13,14). The molecule has 0 fully saturated rings. The Bertz CT molecular complexity index is 687. The van der Waals surface area contributed by atoms with Gasteiger partial charge < -0.3 is 0 Å². The number of rotatable bonds is 3. The molecule has 0 aliphatic heterocycles. The SMILES string of the molecule is Cc1[nH]ncc1S(=O)(=O)NC1CCCc2sccc21. The van der Waals surface area contributed by atoms with Gasteiger partial charge in [-0.1, -0.05) is 0 Å². The highest BCUT2D eigenvalue weighted by atomic mass is 32.2. The first-order valence-corrected chi connectivity index (χ1v) is 8.53. The van der Waals surface area contributed by atoms with Gasteiger partial charge in [0.1, 0.15) is 4.90 Å². The van der Waals surface area contributed by atoms with E-state index in [1.807, 2.05) is 11.4 Å². The number of nitrogens with zero attached hydrogens (tertiary/aromatic N) is 1. The molecule has 0 amide bonds. The molecule has 2 aromatic rings. The quantitative estimate of drug-likeness (QED) is 0.911. The lowest BCUT2D eigenvalue weighted by atomic mass is 9.95. The molecule has 0 spiro atoms. The van der Waals surface area contributed by atoms with Crippen LogP contribution in [0.2, 0.25) is 0 Å². The van der Waals surface area contributed by atoms with Crippen molar-refractivity contribution in [3.05, 3.63) is 33.8 Å². The molecular formula is C12H15N3O2S2. The molecule has 0 aromatic carbocycles. The highest BCUT2D eigenvalue weighted by molar-refractivity contribution is 7.89. The van der Waals surface area contributed by atoms with Crippen molar-refractivity contribution in [2.75, 3.05) is 0 Å². The molecule has 2 aromatic heterocycles. The second-order valence-electron chi connectivity index (χ2n) is 4.72. The van der Waals surface area contributed by atoms with Crippen LogP contribution in [0, 0.1) is 6.92 Å². The summed E-state index contributed by atoms with van der Waals surface area (Å²) in [6, 6.07) is 1.91. The van der Waals surface area contributed by atoms with E-state index in [2.05, 4.69) is 14.9 Å². The van der Waals surface area contributed by atoms with Crippen molar-refractivity contribution < 1.29 is 8.42 Å². The number of hydrogen-bond acceptors (Lipinski definition) is 4. The van der Waals surface area contributed by atoms with Gasteiger partial charge in [0, 0.05) is 10.9 Å². The van der Waals surface area contributed by atoms with E-state index in [-0.39, 0.29) is 10.9 Å². The van der Waals surface area contributed by atoms with Crippen LogP contribution in [0.15, 0.2) is 22.5 Å². The Labute approximate surface area is 116 Å². The summed E-state index contributed by atoms with van der Waals surface area (Å²) >= 11 is 1.70. The molecular weight excluding hydrogens is 282 g/mol. The number of thiophene rings is 1. The number of sulfonamides is 1. The minimum atomic E-state index is -3.51. The molecule has 2 heterocycles. The maximum absolute atomic E-state index is 12.3. The van der Waals surface area contributed by atoms with E-state index in [1.165, 1.54) is 11.1 Å². The van der Waals surface area contributed by atoms with Gasteiger partial charge in [0.25, 0.3) is 0 Å². The summed E-state index contributed by atoms with van der Waals surface area (Å²) < 4.78 is 27.5. The number of nitrogens with one attached hydrogen (secondary N) is 2. The van der Waals surface area contributed by atoms with E-state index >= 15 is 0 Å². The van der Waals surface area contributed by atoms with Crippen LogP contribution in [0.4, 0.5) is 0 Å². The zero-order valence-electron chi connectivity index (χ0n) is 10.5. The zero-order chi connectivity index (χ0) is 13.5. The summed E-state index contributed by atoms with van der Waals surface area (Å²) in [5, 5.41) is 8.46. The van der Waals surface area contributed by atoms with E-state index in [4.69, 9.17) is 0 Å². The second kappa shape index (κ2) is 4.73. The van der Waals surface area contributed by atoms with Crippen molar-refractivity contribution in [2.24, 2.45) is 0 Å². The normalized spacial score (nSPS) is 19.3. The molecule has 1 unspecified atom stereocenters. The molecule has 2 N–H and O–H groups in total. The first-order chi connectivity index (χ1) is 9.08. The Morgan fingerprint density at radius 3 is 3.11 bits per heavy atom. The molecule has 5 nitrogen and oxygen atoms in total. The van der Waals surface area contributed by atoms with E-state index in [0.29, 0.717) is 5.69 Å². The fourth-order valence-corrected chi connectivity index (χ4v) is 4.84. The molecule has 7 heteroatoms. The Morgan fingerprint density at radius 2 is 2.37 bits per heavy atom. The molecule has 3 rings (SSSR count). The van der Waals surface area contributed by atoms with Crippen molar-refractivity contribution in [1.82, 2.24) is 14.9 Å². The Morgan fingerprint density at radius 1 is 1.53 bits per heavy atom. The van der Waals surface area contributed by atoms with Crippen molar-refractivity contribution in [3.63, 3.8) is 0 Å². The minimum absolute atomic E-state index is 0.116. The number of hydrogen-bond donors (Lipinski definition) is 2. The van der Waals surface area contributed by atoms with Gasteiger partial charge in [-0.2, -0.15) is 5.10 Å². The van der Waals surface area contributed by atoms with Crippen LogP contribution in [0.5, 0.6) is 0 Å². The van der Waals surface area contributed by atoms with Crippen molar-refractivity contribution in [1.29, 1.82) is 0 Å². The summed E-state index contributed by atoms with van der Waals surface area (Å²) in [6.07, 6.45) is 4.27. The van der Waals surface area contributed by atoms with Gasteiger partial charge in [0.2, 0.25) is 10.0 Å². The summed E-state index contributed by atoms with van der Waals surface area (Å²) in [6.45, 7) is 1.71. The highest BCUT2D eigenvalue weighted by Gasteiger charge is 2.27. The van der Waals surface area contributed by atoms with Crippen LogP contribution in [-0.2, 0) is 16.4 Å². The lowest BCUT2D eigenvalue weighted by molar-refractivity contribution is 0.511. The molecule has 0 saturated carbocycles. The summed E-state index contributed by atoms with van der Waals surface area (Å²) in [7, 11) is -3.51. The second-order valence-corrected chi connectivity index (χ2v) is 7.41. The average Bonchev–Trinajstić information content (AvgIpc) is 2.97. The van der Waals surface area contributed by atoms with E-state index in [9.17, 15) is 8.42 Å². The lowest BCUT2D eigenvalue weighted by Gasteiger charge is -2.23. The van der Waals surface area contributed by atoms with Gasteiger partial charge in [-0.05, 0) is 43.2 Å². The van der Waals surface area contributed by atoms with Crippen LogP contribution >= 0.6 is 11.3 Å². The molecule has 1 atom stereocenters. The lowest BCUT2D eigenvalue weighted by Crippen LogP contribution is -2.30. The van der Waals surface area contributed by atoms with Gasteiger partial charge in [0.05, 0.1) is 11.9 Å². The van der Waals surface area contributed by atoms with Crippen molar-refractivity contribution in [2.45, 2.75) is 37.1 Å². The topological polar surface area (TPSA) is 74.8 Å². The number of aryl methyl sites for hydroxylation is 2. The third-order valence-corrected chi connectivity index (χ3v) is 6.00. The first kappa shape index (κ1) is 12.8. The van der Waals surface area contributed by atoms with Gasteiger partial charge in [-0.15, -0.1) is 11.3 Å². The molecule has 1 aliphatic carbocycles. The summed E-state index contributed by atoms with van der Waals surface area (Å²) in [4.78, 5) is 1.53. The minimum Gasteiger partial charge on any atom is -0.281 e. The van der Waals surface area contributed by atoms with Crippen LogP contribution in [-0.4, -0.2) is 18.6 Å². The Balaban J connectivity index is 1.90. The fraction of sp³-hybridized carbons (Fsp3) is 0.417. The van der Waals surface area contributed by atoms with Crippen LogP contribution < -0.4 is 4.72 Å². The maximum atomic E-state index is 12.3. The van der Waals surface area contributed by atoms with Gasteiger partial charge in [-0.3, -0.25) is 5.10 Å². The number of aromatic nitrogens is 2. The smallest absolute Gasteiger partial charge is 0.244 e. The molecule has 0 bridgehead atoms.